The Morgan fingerprint density at radius 3 is 2.28 bits per heavy atom. The van der Waals surface area contributed by atoms with Crippen LogP contribution in [0.25, 0.3) is 0 Å². The smallest absolute Gasteiger partial charge is 0.325 e. The Bertz CT molecular complexity index is 833. The number of nitrogens with one attached hydrogen (secondary N) is 2. The van der Waals surface area contributed by atoms with Gasteiger partial charge in [0, 0.05) is 11.3 Å². The highest BCUT2D eigenvalue weighted by molar-refractivity contribution is 6.10. The summed E-state index contributed by atoms with van der Waals surface area (Å²) in [7, 11) is 0. The van der Waals surface area contributed by atoms with Crippen molar-refractivity contribution in [2.75, 3.05) is 11.9 Å². The number of carbonyl (C=O) groups is 4. The fourth-order valence-corrected chi connectivity index (χ4v) is 4.20. The van der Waals surface area contributed by atoms with Crippen molar-refractivity contribution in [2.45, 2.75) is 52.0 Å². The van der Waals surface area contributed by atoms with Crippen molar-refractivity contribution in [3.8, 4) is 0 Å². The fourth-order valence-electron chi connectivity index (χ4n) is 4.20. The average Bonchev–Trinajstić information content (AvgIpc) is 2.86. The topological polar surface area (TPSA) is 122 Å². The molecule has 2 aliphatic rings. The summed E-state index contributed by atoms with van der Waals surface area (Å²) in [5.41, 5.74) is 5.24. The maximum Gasteiger partial charge on any atom is 0.325 e. The summed E-state index contributed by atoms with van der Waals surface area (Å²) in [5.74, 6) is -0.873. The second kappa shape index (κ2) is 7.50. The molecule has 156 valence electrons. The summed E-state index contributed by atoms with van der Waals surface area (Å²) in [5, 5.41) is 5.47. The highest BCUT2D eigenvalue weighted by atomic mass is 16.2. The molecule has 1 aromatic carbocycles. The van der Waals surface area contributed by atoms with E-state index in [1.165, 1.54) is 12.1 Å². The van der Waals surface area contributed by atoms with E-state index in [-0.39, 0.29) is 17.9 Å². The third-order valence-electron chi connectivity index (χ3n) is 6.06. The monoisotopic (exact) mass is 400 g/mol. The molecule has 0 atom stereocenters. The van der Waals surface area contributed by atoms with Crippen LogP contribution in [0.2, 0.25) is 0 Å². The van der Waals surface area contributed by atoms with E-state index in [2.05, 4.69) is 31.4 Å². The lowest BCUT2D eigenvalue weighted by atomic mass is 9.67. The number of anilines is 1. The minimum Gasteiger partial charge on any atom is -0.366 e. The molecule has 0 bridgehead atoms. The van der Waals surface area contributed by atoms with E-state index in [0.29, 0.717) is 30.0 Å². The summed E-state index contributed by atoms with van der Waals surface area (Å²) in [6.45, 7) is 6.22. The summed E-state index contributed by atoms with van der Waals surface area (Å²) in [6.07, 6.45) is 2.90. The van der Waals surface area contributed by atoms with E-state index in [9.17, 15) is 19.2 Å². The zero-order valence-corrected chi connectivity index (χ0v) is 17.1. The first-order valence-corrected chi connectivity index (χ1v) is 9.86. The Hall–Kier alpha value is -2.90. The van der Waals surface area contributed by atoms with Crippen LogP contribution in [-0.2, 0) is 9.59 Å². The largest absolute Gasteiger partial charge is 0.366 e. The lowest BCUT2D eigenvalue weighted by Crippen LogP contribution is -2.50. The van der Waals surface area contributed by atoms with Crippen LogP contribution in [0.3, 0.4) is 0 Å². The number of nitrogens with two attached hydrogens (primary N) is 1. The standard InChI is InChI=1S/C21H28N4O4/c1-20(2,3)14-8-10-21(11-9-14)18(28)25(19(29)24-21)12-16(26)23-15-6-4-13(5-7-15)17(22)27/h4-7,14H,8-12H2,1-3H3,(H2,22,27)(H,23,26)(H,24,29). The molecule has 4 N–H and O–H groups in total. The molecule has 1 aliphatic heterocycles. The van der Waals surface area contributed by atoms with Gasteiger partial charge in [0.1, 0.15) is 12.1 Å². The van der Waals surface area contributed by atoms with Crippen LogP contribution < -0.4 is 16.4 Å². The number of hydrogen-bond acceptors (Lipinski definition) is 4. The van der Waals surface area contributed by atoms with Gasteiger partial charge in [-0.15, -0.1) is 0 Å². The summed E-state index contributed by atoms with van der Waals surface area (Å²) >= 11 is 0. The van der Waals surface area contributed by atoms with Crippen molar-refractivity contribution < 1.29 is 19.2 Å². The van der Waals surface area contributed by atoms with Crippen LogP contribution in [0, 0.1) is 11.3 Å². The lowest BCUT2D eigenvalue weighted by Gasteiger charge is -2.40. The van der Waals surface area contributed by atoms with Crippen LogP contribution in [0.5, 0.6) is 0 Å². The van der Waals surface area contributed by atoms with Crippen LogP contribution >= 0.6 is 0 Å². The third kappa shape index (κ3) is 4.26. The number of nitrogens with zero attached hydrogens (tertiary/aromatic N) is 1. The van der Waals surface area contributed by atoms with Gasteiger partial charge in [0.05, 0.1) is 0 Å². The van der Waals surface area contributed by atoms with Gasteiger partial charge in [-0.2, -0.15) is 0 Å². The maximum absolute atomic E-state index is 13.0. The number of imide groups is 1. The van der Waals surface area contributed by atoms with Gasteiger partial charge in [0.25, 0.3) is 5.91 Å². The second-order valence-electron chi connectivity index (χ2n) is 9.03. The molecule has 2 fully saturated rings. The highest BCUT2D eigenvalue weighted by Crippen LogP contribution is 2.43. The number of urea groups is 1. The van der Waals surface area contributed by atoms with Gasteiger partial charge in [0.2, 0.25) is 11.8 Å². The molecule has 29 heavy (non-hydrogen) atoms. The van der Waals surface area contributed by atoms with Crippen LogP contribution in [0.4, 0.5) is 10.5 Å². The van der Waals surface area contributed by atoms with Gasteiger partial charge in [-0.1, -0.05) is 20.8 Å². The number of benzene rings is 1. The second-order valence-corrected chi connectivity index (χ2v) is 9.03. The van der Waals surface area contributed by atoms with E-state index < -0.39 is 23.4 Å². The van der Waals surface area contributed by atoms with Crippen LogP contribution in [0.15, 0.2) is 24.3 Å². The molecule has 3 rings (SSSR count). The first kappa shape index (κ1) is 20.8. The van der Waals surface area contributed by atoms with Crippen molar-refractivity contribution in [3.05, 3.63) is 29.8 Å². The van der Waals surface area contributed by atoms with Crippen molar-refractivity contribution in [2.24, 2.45) is 17.1 Å². The third-order valence-corrected chi connectivity index (χ3v) is 6.06. The zero-order chi connectivity index (χ0) is 21.4. The van der Waals surface area contributed by atoms with E-state index in [1.54, 1.807) is 12.1 Å². The molecular formula is C21H28N4O4. The van der Waals surface area contributed by atoms with E-state index in [4.69, 9.17) is 5.73 Å². The van der Waals surface area contributed by atoms with Gasteiger partial charge in [0.15, 0.2) is 0 Å². The predicted molar refractivity (Wildman–Crippen MR) is 108 cm³/mol. The normalized spacial score (nSPS) is 24.5. The molecule has 1 spiro atoms. The van der Waals surface area contributed by atoms with Crippen LogP contribution in [-0.4, -0.2) is 40.7 Å². The Labute approximate surface area is 170 Å². The maximum atomic E-state index is 13.0. The van der Waals surface area contributed by atoms with E-state index >= 15 is 0 Å². The molecule has 0 aromatic heterocycles. The molecule has 1 heterocycles. The molecular weight excluding hydrogens is 372 g/mol. The average molecular weight is 400 g/mol. The van der Waals surface area contributed by atoms with Gasteiger partial charge < -0.3 is 16.4 Å². The summed E-state index contributed by atoms with van der Waals surface area (Å²) in [6, 6.07) is 5.55. The highest BCUT2D eigenvalue weighted by Gasteiger charge is 2.53. The van der Waals surface area contributed by atoms with E-state index in [1.807, 2.05) is 0 Å². The molecule has 1 saturated heterocycles. The number of carbonyl (C=O) groups excluding carboxylic acids is 4. The number of rotatable bonds is 4. The van der Waals surface area contributed by atoms with Gasteiger partial charge in [-0.05, 0) is 61.3 Å². The quantitative estimate of drug-likeness (QED) is 0.671. The molecule has 5 amide bonds. The molecule has 1 aromatic rings. The fraction of sp³-hybridized carbons (Fsp3) is 0.524. The Balaban J connectivity index is 1.61. The summed E-state index contributed by atoms with van der Waals surface area (Å²) < 4.78 is 0. The number of amides is 5. The van der Waals surface area contributed by atoms with Crippen molar-refractivity contribution in [1.29, 1.82) is 0 Å². The van der Waals surface area contributed by atoms with Crippen molar-refractivity contribution in [1.82, 2.24) is 10.2 Å². The minimum atomic E-state index is -0.887. The van der Waals surface area contributed by atoms with Gasteiger partial charge in [-0.25, -0.2) is 4.79 Å². The molecule has 1 aliphatic carbocycles. The Morgan fingerprint density at radius 1 is 1.17 bits per heavy atom. The first-order valence-electron chi connectivity index (χ1n) is 9.86. The molecule has 8 nitrogen and oxygen atoms in total. The van der Waals surface area contributed by atoms with Crippen molar-refractivity contribution in [3.63, 3.8) is 0 Å². The minimum absolute atomic E-state index is 0.164. The summed E-state index contributed by atoms with van der Waals surface area (Å²) in [4.78, 5) is 49.8. The molecule has 1 saturated carbocycles. The number of hydrogen-bond donors (Lipinski definition) is 3. The Kier molecular flexibility index (Phi) is 5.38. The van der Waals surface area contributed by atoms with Gasteiger partial charge in [-0.3, -0.25) is 19.3 Å². The van der Waals surface area contributed by atoms with E-state index in [0.717, 1.165) is 17.7 Å². The predicted octanol–water partition coefficient (Wildman–Crippen LogP) is 2.25. The number of primary amides is 1. The molecule has 0 radical (unpaired) electrons. The SMILES string of the molecule is CC(C)(C)C1CCC2(CC1)NC(=O)N(CC(=O)Nc1ccc(C(N)=O)cc1)C2=O. The molecule has 8 heteroatoms. The first-order chi connectivity index (χ1) is 13.5. The zero-order valence-electron chi connectivity index (χ0n) is 17.1. The Morgan fingerprint density at radius 2 is 1.76 bits per heavy atom. The molecule has 0 unspecified atom stereocenters. The van der Waals surface area contributed by atoms with Gasteiger partial charge >= 0.3 is 6.03 Å². The van der Waals surface area contributed by atoms with Crippen LogP contribution in [0.1, 0.15) is 56.8 Å². The van der Waals surface area contributed by atoms with Crippen molar-refractivity contribution >= 4 is 29.4 Å². The lowest BCUT2D eigenvalue weighted by molar-refractivity contribution is -0.135.